The monoisotopic (exact) mass is 261 g/mol. The van der Waals surface area contributed by atoms with Crippen LogP contribution < -0.4 is 5.32 Å². The van der Waals surface area contributed by atoms with E-state index in [1.165, 1.54) is 12.1 Å². The van der Waals surface area contributed by atoms with Crippen molar-refractivity contribution in [2.24, 2.45) is 0 Å². The highest BCUT2D eigenvalue weighted by Gasteiger charge is 2.09. The van der Waals surface area contributed by atoms with Crippen molar-refractivity contribution in [3.8, 4) is 0 Å². The Hall–Kier alpha value is -2.37. The first-order chi connectivity index (χ1) is 8.95. The Bertz CT molecular complexity index is 600. The molecular weight excluding hydrogens is 246 g/mol. The number of nitro benzene ring substituents is 1. The number of benzene rings is 1. The molecule has 0 saturated heterocycles. The number of anilines is 1. The average Bonchev–Trinajstić information content (AvgIpc) is 2.65. The van der Waals surface area contributed by atoms with E-state index in [0.717, 1.165) is 17.0 Å². The minimum absolute atomic E-state index is 0.0715. The quantitative estimate of drug-likeness (QED) is 0.675. The second-order valence-electron chi connectivity index (χ2n) is 4.42. The molecule has 19 heavy (non-hydrogen) atoms. The Balaban J connectivity index is 2.13. The summed E-state index contributed by atoms with van der Waals surface area (Å²) in [4.78, 5) is 14.6. The molecule has 0 radical (unpaired) electrons. The summed E-state index contributed by atoms with van der Waals surface area (Å²) in [5, 5.41) is 13.9. The minimum atomic E-state index is -0.405. The van der Waals surface area contributed by atoms with Crippen LogP contribution in [0.1, 0.15) is 22.9 Å². The van der Waals surface area contributed by atoms with Gasteiger partial charge in [0, 0.05) is 17.8 Å². The number of oxazole rings is 1. The molecule has 2 aromatic rings. The molecule has 0 saturated carbocycles. The molecule has 1 aromatic heterocycles. The highest BCUT2D eigenvalue weighted by atomic mass is 16.6. The topological polar surface area (TPSA) is 81.2 Å². The van der Waals surface area contributed by atoms with Gasteiger partial charge in [-0.1, -0.05) is 0 Å². The van der Waals surface area contributed by atoms with Crippen LogP contribution >= 0.6 is 0 Å². The van der Waals surface area contributed by atoms with Crippen LogP contribution in [0.25, 0.3) is 0 Å². The predicted molar refractivity (Wildman–Crippen MR) is 71.1 cm³/mol. The van der Waals surface area contributed by atoms with E-state index in [9.17, 15) is 10.1 Å². The number of aromatic nitrogens is 1. The second kappa shape index (κ2) is 5.09. The standard InChI is InChI=1S/C13H15N3O3/c1-8-4-11(6-12(5-8)16(17)18)14-7-13-15-9(2)10(3)19-13/h4-6,14H,7H2,1-3H3. The average molecular weight is 261 g/mol. The number of hydrogen-bond donors (Lipinski definition) is 1. The van der Waals surface area contributed by atoms with Gasteiger partial charge < -0.3 is 9.73 Å². The maximum absolute atomic E-state index is 10.8. The second-order valence-corrected chi connectivity index (χ2v) is 4.42. The SMILES string of the molecule is Cc1cc(NCc2nc(C)c(C)o2)cc([N+](=O)[O-])c1. The van der Waals surface area contributed by atoms with Crippen molar-refractivity contribution in [2.45, 2.75) is 27.3 Å². The molecule has 2 rings (SSSR count). The van der Waals surface area contributed by atoms with Crippen molar-refractivity contribution in [3.05, 3.63) is 51.2 Å². The number of rotatable bonds is 4. The number of aryl methyl sites for hydroxylation is 3. The molecule has 1 heterocycles. The van der Waals surface area contributed by atoms with Crippen LogP contribution in [0.3, 0.4) is 0 Å². The van der Waals surface area contributed by atoms with Crippen molar-refractivity contribution >= 4 is 11.4 Å². The molecule has 0 aliphatic heterocycles. The first kappa shape index (κ1) is 13.1. The van der Waals surface area contributed by atoms with E-state index >= 15 is 0 Å². The first-order valence-electron chi connectivity index (χ1n) is 5.88. The number of nitro groups is 1. The maximum atomic E-state index is 10.8. The van der Waals surface area contributed by atoms with Gasteiger partial charge in [-0.05, 0) is 32.4 Å². The molecule has 0 aliphatic carbocycles. The molecule has 0 aliphatic rings. The van der Waals surface area contributed by atoms with Crippen LogP contribution in [0.2, 0.25) is 0 Å². The molecule has 0 amide bonds. The summed E-state index contributed by atoms with van der Waals surface area (Å²) in [7, 11) is 0. The molecule has 6 nitrogen and oxygen atoms in total. The zero-order valence-corrected chi connectivity index (χ0v) is 11.1. The normalized spacial score (nSPS) is 10.5. The van der Waals surface area contributed by atoms with Gasteiger partial charge >= 0.3 is 0 Å². The molecule has 0 fully saturated rings. The highest BCUT2D eigenvalue weighted by molar-refractivity contribution is 5.53. The van der Waals surface area contributed by atoms with Crippen molar-refractivity contribution in [1.82, 2.24) is 4.98 Å². The van der Waals surface area contributed by atoms with Gasteiger partial charge in [0.25, 0.3) is 5.69 Å². The van der Waals surface area contributed by atoms with Gasteiger partial charge in [0.15, 0.2) is 0 Å². The van der Waals surface area contributed by atoms with Crippen LogP contribution in [-0.4, -0.2) is 9.91 Å². The van der Waals surface area contributed by atoms with Crippen LogP contribution in [0, 0.1) is 30.9 Å². The first-order valence-corrected chi connectivity index (χ1v) is 5.88. The Morgan fingerprint density at radius 2 is 2.05 bits per heavy atom. The molecule has 1 N–H and O–H groups in total. The van der Waals surface area contributed by atoms with E-state index in [-0.39, 0.29) is 5.69 Å². The molecule has 0 unspecified atom stereocenters. The third-order valence-corrected chi connectivity index (χ3v) is 2.79. The van der Waals surface area contributed by atoms with E-state index < -0.39 is 4.92 Å². The fraction of sp³-hybridized carbons (Fsp3) is 0.308. The van der Waals surface area contributed by atoms with Crippen LogP contribution in [0.15, 0.2) is 22.6 Å². The van der Waals surface area contributed by atoms with Crippen LogP contribution in [-0.2, 0) is 6.54 Å². The summed E-state index contributed by atoms with van der Waals surface area (Å²) in [6.45, 7) is 5.94. The lowest BCUT2D eigenvalue weighted by Gasteiger charge is -2.05. The third-order valence-electron chi connectivity index (χ3n) is 2.79. The Kier molecular flexibility index (Phi) is 3.50. The van der Waals surface area contributed by atoms with Crippen molar-refractivity contribution in [2.75, 3.05) is 5.32 Å². The number of nitrogens with one attached hydrogen (secondary N) is 1. The van der Waals surface area contributed by atoms with Gasteiger partial charge in [-0.25, -0.2) is 4.98 Å². The smallest absolute Gasteiger partial charge is 0.271 e. The molecule has 0 atom stereocenters. The summed E-state index contributed by atoms with van der Waals surface area (Å²) < 4.78 is 5.44. The Morgan fingerprint density at radius 3 is 2.63 bits per heavy atom. The van der Waals surface area contributed by atoms with Gasteiger partial charge in [-0.2, -0.15) is 0 Å². The minimum Gasteiger partial charge on any atom is -0.444 e. The van der Waals surface area contributed by atoms with Crippen molar-refractivity contribution in [1.29, 1.82) is 0 Å². The molecule has 100 valence electrons. The predicted octanol–water partition coefficient (Wildman–Crippen LogP) is 3.12. The summed E-state index contributed by atoms with van der Waals surface area (Å²) in [6.07, 6.45) is 0. The largest absolute Gasteiger partial charge is 0.444 e. The summed E-state index contributed by atoms with van der Waals surface area (Å²) in [5.41, 5.74) is 2.44. The lowest BCUT2D eigenvalue weighted by molar-refractivity contribution is -0.384. The maximum Gasteiger partial charge on any atom is 0.271 e. The van der Waals surface area contributed by atoms with E-state index in [2.05, 4.69) is 10.3 Å². The summed E-state index contributed by atoms with van der Waals surface area (Å²) in [5.74, 6) is 1.35. The number of non-ortho nitro benzene ring substituents is 1. The Morgan fingerprint density at radius 1 is 1.32 bits per heavy atom. The highest BCUT2D eigenvalue weighted by Crippen LogP contribution is 2.21. The molecule has 0 spiro atoms. The van der Waals surface area contributed by atoms with Gasteiger partial charge in [0.2, 0.25) is 5.89 Å². The van der Waals surface area contributed by atoms with E-state index in [4.69, 9.17) is 4.42 Å². The fourth-order valence-electron chi connectivity index (χ4n) is 1.76. The van der Waals surface area contributed by atoms with Gasteiger partial charge in [0.05, 0.1) is 17.2 Å². The van der Waals surface area contributed by atoms with Crippen LogP contribution in [0.4, 0.5) is 11.4 Å². The molecule has 0 bridgehead atoms. The van der Waals surface area contributed by atoms with Crippen LogP contribution in [0.5, 0.6) is 0 Å². The van der Waals surface area contributed by atoms with E-state index in [0.29, 0.717) is 18.1 Å². The fourth-order valence-corrected chi connectivity index (χ4v) is 1.76. The van der Waals surface area contributed by atoms with Gasteiger partial charge in [-0.3, -0.25) is 10.1 Å². The lowest BCUT2D eigenvalue weighted by atomic mass is 10.2. The lowest BCUT2D eigenvalue weighted by Crippen LogP contribution is -2.01. The van der Waals surface area contributed by atoms with E-state index in [1.54, 1.807) is 0 Å². The molecular formula is C13H15N3O3. The number of hydrogen-bond acceptors (Lipinski definition) is 5. The zero-order valence-electron chi connectivity index (χ0n) is 11.1. The van der Waals surface area contributed by atoms with Gasteiger partial charge in [0.1, 0.15) is 5.76 Å². The third kappa shape index (κ3) is 3.09. The number of nitrogens with zero attached hydrogens (tertiary/aromatic N) is 2. The Labute approximate surface area is 110 Å². The summed E-state index contributed by atoms with van der Waals surface area (Å²) in [6, 6.07) is 4.87. The summed E-state index contributed by atoms with van der Waals surface area (Å²) >= 11 is 0. The van der Waals surface area contributed by atoms with Gasteiger partial charge in [-0.15, -0.1) is 0 Å². The van der Waals surface area contributed by atoms with Crippen molar-refractivity contribution in [3.63, 3.8) is 0 Å². The van der Waals surface area contributed by atoms with E-state index in [1.807, 2.05) is 26.8 Å². The molecule has 1 aromatic carbocycles. The molecule has 6 heteroatoms. The van der Waals surface area contributed by atoms with Crippen molar-refractivity contribution < 1.29 is 9.34 Å². The zero-order chi connectivity index (χ0) is 14.0.